The van der Waals surface area contributed by atoms with Crippen LogP contribution in [0, 0.1) is 5.41 Å². The minimum atomic E-state index is -0.417. The molecular formula is C19H22ClNO3S. The summed E-state index contributed by atoms with van der Waals surface area (Å²) in [5.74, 6) is -0.713. The number of carbonyl (C=O) groups is 2. The summed E-state index contributed by atoms with van der Waals surface area (Å²) in [6.07, 6.45) is 1.27. The highest BCUT2D eigenvalue weighted by Crippen LogP contribution is 2.49. The number of carbonyl (C=O) groups excluding carboxylic acids is 2. The highest BCUT2D eigenvalue weighted by molar-refractivity contribution is 7.16. The Bertz CT molecular complexity index is 803. The van der Waals surface area contributed by atoms with E-state index >= 15 is 0 Å². The summed E-state index contributed by atoms with van der Waals surface area (Å²) >= 11 is 7.54. The highest BCUT2D eigenvalue weighted by atomic mass is 35.5. The SMILES string of the molecule is CCOC(=O)C1=C(C)NC2=C(C(=O)CCC2(C)C)C1c1ccc(Cl)s1. The lowest BCUT2D eigenvalue weighted by Crippen LogP contribution is -2.40. The zero-order valence-electron chi connectivity index (χ0n) is 14.9. The molecule has 1 unspecified atom stereocenters. The van der Waals surface area contributed by atoms with Crippen LogP contribution in [-0.4, -0.2) is 18.4 Å². The predicted molar refractivity (Wildman–Crippen MR) is 99.6 cm³/mol. The number of nitrogens with one attached hydrogen (secondary N) is 1. The number of hydrogen-bond acceptors (Lipinski definition) is 5. The van der Waals surface area contributed by atoms with Gasteiger partial charge in [0.15, 0.2) is 5.78 Å². The molecule has 6 heteroatoms. The molecule has 25 heavy (non-hydrogen) atoms. The molecule has 0 aromatic carbocycles. The van der Waals surface area contributed by atoms with E-state index < -0.39 is 5.92 Å². The Kier molecular flexibility index (Phi) is 4.82. The number of rotatable bonds is 3. The number of dihydropyridines is 1. The summed E-state index contributed by atoms with van der Waals surface area (Å²) in [5.41, 5.74) is 2.70. The number of thiophene rings is 1. The van der Waals surface area contributed by atoms with E-state index in [1.807, 2.05) is 13.0 Å². The van der Waals surface area contributed by atoms with Gasteiger partial charge in [-0.3, -0.25) is 4.79 Å². The molecule has 1 aliphatic heterocycles. The van der Waals surface area contributed by atoms with Gasteiger partial charge in [0.1, 0.15) is 0 Å². The van der Waals surface area contributed by atoms with Gasteiger partial charge in [-0.25, -0.2) is 4.79 Å². The summed E-state index contributed by atoms with van der Waals surface area (Å²) in [6.45, 7) is 8.19. The fourth-order valence-electron chi connectivity index (χ4n) is 3.59. The first-order valence-corrected chi connectivity index (χ1v) is 9.63. The Morgan fingerprint density at radius 2 is 2.16 bits per heavy atom. The number of hydrogen-bond donors (Lipinski definition) is 1. The fourth-order valence-corrected chi connectivity index (χ4v) is 4.78. The third-order valence-electron chi connectivity index (χ3n) is 4.89. The molecule has 0 bridgehead atoms. The second-order valence-electron chi connectivity index (χ2n) is 7.05. The highest BCUT2D eigenvalue weighted by Gasteiger charge is 2.44. The maximum Gasteiger partial charge on any atom is 0.336 e. The summed E-state index contributed by atoms with van der Waals surface area (Å²) in [6, 6.07) is 3.70. The molecule has 1 N–H and O–H groups in total. The van der Waals surface area contributed by atoms with E-state index in [1.165, 1.54) is 11.3 Å². The first kappa shape index (κ1) is 18.2. The van der Waals surface area contributed by atoms with E-state index in [4.69, 9.17) is 16.3 Å². The lowest BCUT2D eigenvalue weighted by molar-refractivity contribution is -0.138. The van der Waals surface area contributed by atoms with E-state index in [-0.39, 0.29) is 17.2 Å². The molecule has 1 aromatic rings. The van der Waals surface area contributed by atoms with Crippen molar-refractivity contribution in [2.45, 2.75) is 46.5 Å². The van der Waals surface area contributed by atoms with Crippen molar-refractivity contribution in [3.63, 3.8) is 0 Å². The summed E-state index contributed by atoms with van der Waals surface area (Å²) in [5, 5.41) is 3.34. The Morgan fingerprint density at radius 1 is 1.44 bits per heavy atom. The van der Waals surface area contributed by atoms with Crippen molar-refractivity contribution in [3.05, 3.63) is 43.9 Å². The van der Waals surface area contributed by atoms with Crippen LogP contribution in [0.4, 0.5) is 0 Å². The lowest BCUT2D eigenvalue weighted by atomic mass is 9.69. The third kappa shape index (κ3) is 3.15. The van der Waals surface area contributed by atoms with Crippen molar-refractivity contribution in [3.8, 4) is 0 Å². The molecule has 1 aromatic heterocycles. The van der Waals surface area contributed by atoms with Gasteiger partial charge in [-0.05, 0) is 32.4 Å². The van der Waals surface area contributed by atoms with Crippen molar-refractivity contribution >= 4 is 34.7 Å². The molecule has 1 atom stereocenters. The van der Waals surface area contributed by atoms with E-state index in [0.717, 1.165) is 22.7 Å². The van der Waals surface area contributed by atoms with Crippen molar-refractivity contribution in [1.29, 1.82) is 0 Å². The summed E-state index contributed by atoms with van der Waals surface area (Å²) < 4.78 is 5.92. The van der Waals surface area contributed by atoms with Gasteiger partial charge < -0.3 is 10.1 Å². The molecule has 0 saturated carbocycles. The summed E-state index contributed by atoms with van der Waals surface area (Å²) in [7, 11) is 0. The zero-order chi connectivity index (χ0) is 18.4. The Hall–Kier alpha value is -1.59. The van der Waals surface area contributed by atoms with Crippen LogP contribution in [0.15, 0.2) is 34.7 Å². The van der Waals surface area contributed by atoms with Crippen LogP contribution >= 0.6 is 22.9 Å². The second-order valence-corrected chi connectivity index (χ2v) is 8.80. The number of ether oxygens (including phenoxy) is 1. The van der Waals surface area contributed by atoms with Gasteiger partial charge in [0, 0.05) is 33.7 Å². The van der Waals surface area contributed by atoms with Gasteiger partial charge in [0.05, 0.1) is 22.4 Å². The smallest absolute Gasteiger partial charge is 0.336 e. The average molecular weight is 380 g/mol. The second kappa shape index (κ2) is 6.61. The lowest BCUT2D eigenvalue weighted by Gasteiger charge is -2.41. The first-order chi connectivity index (χ1) is 11.8. The normalized spacial score (nSPS) is 22.6. The van der Waals surface area contributed by atoms with E-state index in [2.05, 4.69) is 19.2 Å². The Morgan fingerprint density at radius 3 is 2.76 bits per heavy atom. The number of Topliss-reactive ketones (excluding diaryl/α,β-unsaturated/α-hetero) is 1. The largest absolute Gasteiger partial charge is 0.463 e. The fraction of sp³-hybridized carbons (Fsp3) is 0.474. The molecule has 1 aliphatic carbocycles. The molecule has 4 nitrogen and oxygen atoms in total. The van der Waals surface area contributed by atoms with Crippen molar-refractivity contribution in [2.24, 2.45) is 5.41 Å². The van der Waals surface area contributed by atoms with Crippen LogP contribution < -0.4 is 5.32 Å². The molecule has 0 radical (unpaired) electrons. The molecule has 0 spiro atoms. The quantitative estimate of drug-likeness (QED) is 0.781. The van der Waals surface area contributed by atoms with Gasteiger partial charge in [-0.1, -0.05) is 25.4 Å². The van der Waals surface area contributed by atoms with Crippen LogP contribution in [-0.2, 0) is 14.3 Å². The molecule has 2 heterocycles. The maximum absolute atomic E-state index is 12.8. The van der Waals surface area contributed by atoms with Crippen LogP contribution in [0.1, 0.15) is 51.3 Å². The number of ketones is 1. The summed E-state index contributed by atoms with van der Waals surface area (Å²) in [4.78, 5) is 26.4. The average Bonchev–Trinajstić information content (AvgIpc) is 2.96. The van der Waals surface area contributed by atoms with Gasteiger partial charge >= 0.3 is 5.97 Å². The van der Waals surface area contributed by atoms with Crippen LogP contribution in [0.2, 0.25) is 4.34 Å². The molecule has 0 saturated heterocycles. The van der Waals surface area contributed by atoms with Crippen molar-refractivity contribution < 1.29 is 14.3 Å². The van der Waals surface area contributed by atoms with Gasteiger partial charge in [0.25, 0.3) is 0 Å². The van der Waals surface area contributed by atoms with E-state index in [1.54, 1.807) is 13.0 Å². The van der Waals surface area contributed by atoms with E-state index in [9.17, 15) is 9.59 Å². The van der Waals surface area contributed by atoms with Crippen LogP contribution in [0.5, 0.6) is 0 Å². The Balaban J connectivity index is 2.22. The zero-order valence-corrected chi connectivity index (χ0v) is 16.4. The van der Waals surface area contributed by atoms with Crippen molar-refractivity contribution in [2.75, 3.05) is 6.61 Å². The predicted octanol–water partition coefficient (Wildman–Crippen LogP) is 4.57. The molecule has 3 rings (SSSR count). The first-order valence-electron chi connectivity index (χ1n) is 8.44. The molecule has 2 aliphatic rings. The minimum absolute atomic E-state index is 0.0886. The molecule has 134 valence electrons. The number of allylic oxidation sites excluding steroid dienone is 3. The molecule has 0 amide bonds. The molecule has 0 fully saturated rings. The molecular weight excluding hydrogens is 358 g/mol. The standard InChI is InChI=1S/C19H22ClNO3S/c1-5-24-18(23)14-10(2)21-17-15(11(22)8-9-19(17,3)4)16(14)12-6-7-13(20)25-12/h6-7,16,21H,5,8-9H2,1-4H3. The van der Waals surface area contributed by atoms with Crippen LogP contribution in [0.25, 0.3) is 0 Å². The van der Waals surface area contributed by atoms with E-state index in [0.29, 0.717) is 28.5 Å². The Labute approximate surface area is 156 Å². The minimum Gasteiger partial charge on any atom is -0.463 e. The van der Waals surface area contributed by atoms with Gasteiger partial charge in [-0.2, -0.15) is 0 Å². The van der Waals surface area contributed by atoms with Gasteiger partial charge in [-0.15, -0.1) is 11.3 Å². The number of esters is 1. The number of halogens is 1. The monoisotopic (exact) mass is 379 g/mol. The maximum atomic E-state index is 12.8. The van der Waals surface area contributed by atoms with Crippen molar-refractivity contribution in [1.82, 2.24) is 5.32 Å². The third-order valence-corrected chi connectivity index (χ3v) is 6.19. The topological polar surface area (TPSA) is 55.4 Å². The van der Waals surface area contributed by atoms with Crippen LogP contribution in [0.3, 0.4) is 0 Å². The van der Waals surface area contributed by atoms with Gasteiger partial charge in [0.2, 0.25) is 0 Å².